The largest absolute Gasteiger partial charge is 0.369 e. The number of benzene rings is 1. The summed E-state index contributed by atoms with van der Waals surface area (Å²) in [6.45, 7) is 7.16. The second kappa shape index (κ2) is 6.64. The van der Waals surface area contributed by atoms with Crippen LogP contribution in [-0.2, 0) is 0 Å². The Morgan fingerprint density at radius 1 is 1.00 bits per heavy atom. The highest BCUT2D eigenvalue weighted by Gasteiger charge is 2.45. The molecule has 0 amide bonds. The van der Waals surface area contributed by atoms with Crippen LogP contribution in [0.25, 0.3) is 0 Å². The van der Waals surface area contributed by atoms with Gasteiger partial charge in [0, 0.05) is 42.9 Å². The molecule has 3 fully saturated rings. The number of hydrogen-bond acceptors (Lipinski definition) is 2. The SMILES string of the molecule is CCC1CC2CCC(N3CCN(c4ccc(Cl)cc4)CC3)C2C1. The van der Waals surface area contributed by atoms with Gasteiger partial charge in [-0.25, -0.2) is 0 Å². The van der Waals surface area contributed by atoms with Gasteiger partial charge in [-0.3, -0.25) is 4.90 Å². The zero-order chi connectivity index (χ0) is 15.8. The highest BCUT2D eigenvalue weighted by atomic mass is 35.5. The van der Waals surface area contributed by atoms with Gasteiger partial charge in [-0.2, -0.15) is 0 Å². The zero-order valence-corrected chi connectivity index (χ0v) is 15.0. The molecule has 4 atom stereocenters. The molecule has 2 nitrogen and oxygen atoms in total. The van der Waals surface area contributed by atoms with E-state index in [1.165, 1.54) is 50.9 Å². The quantitative estimate of drug-likeness (QED) is 0.793. The molecular formula is C20H29ClN2. The van der Waals surface area contributed by atoms with Crippen LogP contribution in [0.2, 0.25) is 5.02 Å². The lowest BCUT2D eigenvalue weighted by Gasteiger charge is -2.41. The van der Waals surface area contributed by atoms with Crippen LogP contribution in [-0.4, -0.2) is 37.1 Å². The molecule has 4 unspecified atom stereocenters. The highest BCUT2D eigenvalue weighted by molar-refractivity contribution is 6.30. The molecule has 1 aromatic rings. The average Bonchev–Trinajstić information content (AvgIpc) is 3.16. The number of rotatable bonds is 3. The predicted molar refractivity (Wildman–Crippen MR) is 98.3 cm³/mol. The van der Waals surface area contributed by atoms with Crippen LogP contribution >= 0.6 is 11.6 Å². The topological polar surface area (TPSA) is 6.48 Å². The van der Waals surface area contributed by atoms with Crippen LogP contribution in [0.3, 0.4) is 0 Å². The summed E-state index contributed by atoms with van der Waals surface area (Å²) < 4.78 is 0. The molecule has 23 heavy (non-hydrogen) atoms. The van der Waals surface area contributed by atoms with Gasteiger partial charge >= 0.3 is 0 Å². The molecule has 1 aliphatic heterocycles. The van der Waals surface area contributed by atoms with Crippen molar-refractivity contribution in [3.63, 3.8) is 0 Å². The molecule has 2 saturated carbocycles. The third kappa shape index (κ3) is 3.13. The minimum Gasteiger partial charge on any atom is -0.369 e. The van der Waals surface area contributed by atoms with E-state index in [9.17, 15) is 0 Å². The average molecular weight is 333 g/mol. The maximum Gasteiger partial charge on any atom is 0.0407 e. The summed E-state index contributed by atoms with van der Waals surface area (Å²) in [7, 11) is 0. The van der Waals surface area contributed by atoms with Gasteiger partial charge in [-0.15, -0.1) is 0 Å². The van der Waals surface area contributed by atoms with Crippen molar-refractivity contribution in [3.8, 4) is 0 Å². The van der Waals surface area contributed by atoms with Crippen LogP contribution in [0.15, 0.2) is 24.3 Å². The van der Waals surface area contributed by atoms with E-state index in [4.69, 9.17) is 11.6 Å². The number of hydrogen-bond donors (Lipinski definition) is 0. The molecule has 1 heterocycles. The lowest BCUT2D eigenvalue weighted by Crippen LogP contribution is -2.51. The number of fused-ring (bicyclic) bond motifs is 1. The highest BCUT2D eigenvalue weighted by Crippen LogP contribution is 2.49. The van der Waals surface area contributed by atoms with Crippen molar-refractivity contribution in [2.45, 2.75) is 45.1 Å². The normalized spacial score (nSPS) is 34.8. The first-order chi connectivity index (χ1) is 11.2. The van der Waals surface area contributed by atoms with E-state index in [2.05, 4.69) is 28.9 Å². The Hall–Kier alpha value is -0.730. The van der Waals surface area contributed by atoms with Gasteiger partial charge in [0.15, 0.2) is 0 Å². The molecule has 0 spiro atoms. The van der Waals surface area contributed by atoms with Gasteiger partial charge in [0.1, 0.15) is 0 Å². The van der Waals surface area contributed by atoms with E-state index in [1.54, 1.807) is 0 Å². The third-order valence-corrected chi connectivity index (χ3v) is 6.98. The number of anilines is 1. The molecular weight excluding hydrogens is 304 g/mol. The Bertz CT molecular complexity index is 521. The van der Waals surface area contributed by atoms with Gasteiger partial charge in [-0.1, -0.05) is 24.9 Å². The summed E-state index contributed by atoms with van der Waals surface area (Å²) in [5.74, 6) is 3.06. The first-order valence-electron chi connectivity index (χ1n) is 9.49. The fourth-order valence-corrected chi connectivity index (χ4v) is 5.55. The van der Waals surface area contributed by atoms with Crippen LogP contribution in [0.4, 0.5) is 5.69 Å². The Morgan fingerprint density at radius 3 is 2.43 bits per heavy atom. The van der Waals surface area contributed by atoms with Crippen molar-refractivity contribution in [3.05, 3.63) is 29.3 Å². The molecule has 0 bridgehead atoms. The van der Waals surface area contributed by atoms with Crippen molar-refractivity contribution >= 4 is 17.3 Å². The van der Waals surface area contributed by atoms with Crippen LogP contribution in [0.1, 0.15) is 39.0 Å². The van der Waals surface area contributed by atoms with Crippen molar-refractivity contribution in [2.24, 2.45) is 17.8 Å². The van der Waals surface area contributed by atoms with E-state index in [1.807, 2.05) is 12.1 Å². The fourth-order valence-electron chi connectivity index (χ4n) is 5.43. The molecule has 0 radical (unpaired) electrons. The van der Waals surface area contributed by atoms with Crippen LogP contribution < -0.4 is 4.90 Å². The molecule has 1 aromatic carbocycles. The van der Waals surface area contributed by atoms with Crippen LogP contribution in [0, 0.1) is 17.8 Å². The van der Waals surface area contributed by atoms with E-state index in [-0.39, 0.29) is 0 Å². The molecule has 3 heteroatoms. The summed E-state index contributed by atoms with van der Waals surface area (Å²) in [5.41, 5.74) is 1.32. The Morgan fingerprint density at radius 2 is 1.74 bits per heavy atom. The van der Waals surface area contributed by atoms with E-state index in [0.717, 1.165) is 41.9 Å². The van der Waals surface area contributed by atoms with E-state index >= 15 is 0 Å². The van der Waals surface area contributed by atoms with E-state index in [0.29, 0.717) is 0 Å². The van der Waals surface area contributed by atoms with E-state index < -0.39 is 0 Å². The van der Waals surface area contributed by atoms with Gasteiger partial charge in [0.25, 0.3) is 0 Å². The van der Waals surface area contributed by atoms with Crippen molar-refractivity contribution in [1.82, 2.24) is 4.90 Å². The Labute approximate surface area is 145 Å². The minimum atomic E-state index is 0.830. The number of nitrogens with zero attached hydrogens (tertiary/aromatic N) is 2. The molecule has 0 aromatic heterocycles. The Kier molecular flexibility index (Phi) is 4.56. The summed E-state index contributed by atoms with van der Waals surface area (Å²) in [6, 6.07) is 9.21. The minimum absolute atomic E-state index is 0.830. The van der Waals surface area contributed by atoms with Gasteiger partial charge in [-0.05, 0) is 67.7 Å². The molecule has 3 aliphatic rings. The first-order valence-corrected chi connectivity index (χ1v) is 9.87. The maximum atomic E-state index is 6.01. The second-order valence-corrected chi connectivity index (χ2v) is 8.25. The molecule has 126 valence electrons. The van der Waals surface area contributed by atoms with Crippen LogP contribution in [0.5, 0.6) is 0 Å². The number of piperazine rings is 1. The summed E-state index contributed by atoms with van der Waals surface area (Å²) in [6.07, 6.45) is 7.35. The smallest absolute Gasteiger partial charge is 0.0407 e. The van der Waals surface area contributed by atoms with Crippen molar-refractivity contribution in [2.75, 3.05) is 31.1 Å². The fraction of sp³-hybridized carbons (Fsp3) is 0.700. The number of halogens is 1. The van der Waals surface area contributed by atoms with Crippen molar-refractivity contribution in [1.29, 1.82) is 0 Å². The lowest BCUT2D eigenvalue weighted by atomic mass is 9.95. The van der Waals surface area contributed by atoms with Gasteiger partial charge in [0.2, 0.25) is 0 Å². The molecule has 1 saturated heterocycles. The van der Waals surface area contributed by atoms with Gasteiger partial charge < -0.3 is 4.90 Å². The Balaban J connectivity index is 1.35. The maximum absolute atomic E-state index is 6.01. The molecule has 2 aliphatic carbocycles. The zero-order valence-electron chi connectivity index (χ0n) is 14.3. The summed E-state index contributed by atoms with van der Waals surface area (Å²) in [5, 5.41) is 0.830. The monoisotopic (exact) mass is 332 g/mol. The van der Waals surface area contributed by atoms with Crippen molar-refractivity contribution < 1.29 is 0 Å². The third-order valence-electron chi connectivity index (χ3n) is 6.73. The second-order valence-electron chi connectivity index (χ2n) is 7.81. The molecule has 4 rings (SSSR count). The van der Waals surface area contributed by atoms with Gasteiger partial charge in [0.05, 0.1) is 0 Å². The molecule has 0 N–H and O–H groups in total. The lowest BCUT2D eigenvalue weighted by molar-refractivity contribution is 0.143. The standard InChI is InChI=1S/C20H29ClN2/c1-2-15-13-16-3-8-20(19(16)14-15)23-11-9-22(10-12-23)18-6-4-17(21)5-7-18/h4-7,15-16,19-20H,2-3,8-14H2,1H3. The summed E-state index contributed by atoms with van der Waals surface area (Å²) >= 11 is 6.01. The predicted octanol–water partition coefficient (Wildman–Crippen LogP) is 4.68. The first kappa shape index (κ1) is 15.8. The summed E-state index contributed by atoms with van der Waals surface area (Å²) in [4.78, 5) is 5.33.